The number of amides is 1. The van der Waals surface area contributed by atoms with Gasteiger partial charge in [0.2, 0.25) is 5.91 Å². The first-order chi connectivity index (χ1) is 11.4. The number of carbonyl (C=O) groups excluding carboxylic acids is 1. The standard InChI is InChI=1S/C16H25N3O3S2/c17-12-3-5-13(6-4-12)18-15(20)11-14-7-8-16(23-14)24(21,22)19-9-1-2-10-19/h7-8,12-13H,1-6,9-11,17H2,(H,18,20). The van der Waals surface area contributed by atoms with E-state index in [1.54, 1.807) is 12.1 Å². The molecule has 6 nitrogen and oxygen atoms in total. The Kier molecular flexibility index (Phi) is 5.59. The fraction of sp³-hybridized carbons (Fsp3) is 0.688. The van der Waals surface area contributed by atoms with E-state index in [0.717, 1.165) is 43.4 Å². The minimum Gasteiger partial charge on any atom is -0.353 e. The molecule has 1 amide bonds. The van der Waals surface area contributed by atoms with Crippen LogP contribution in [0.3, 0.4) is 0 Å². The van der Waals surface area contributed by atoms with Crippen molar-refractivity contribution in [3.05, 3.63) is 17.0 Å². The maximum Gasteiger partial charge on any atom is 0.252 e. The molecule has 2 heterocycles. The summed E-state index contributed by atoms with van der Waals surface area (Å²) in [7, 11) is -3.38. The van der Waals surface area contributed by atoms with Crippen molar-refractivity contribution in [3.8, 4) is 0 Å². The molecule has 134 valence electrons. The summed E-state index contributed by atoms with van der Waals surface area (Å²) in [5, 5.41) is 3.04. The SMILES string of the molecule is NC1CCC(NC(=O)Cc2ccc(S(=O)(=O)N3CCCC3)s2)CC1. The van der Waals surface area contributed by atoms with Crippen molar-refractivity contribution in [2.24, 2.45) is 5.73 Å². The van der Waals surface area contributed by atoms with E-state index in [2.05, 4.69) is 5.32 Å². The summed E-state index contributed by atoms with van der Waals surface area (Å²) in [6, 6.07) is 3.84. The first kappa shape index (κ1) is 17.8. The van der Waals surface area contributed by atoms with Gasteiger partial charge < -0.3 is 11.1 Å². The molecule has 24 heavy (non-hydrogen) atoms. The number of thiophene rings is 1. The molecule has 0 unspecified atom stereocenters. The van der Waals surface area contributed by atoms with Crippen LogP contribution in [-0.4, -0.2) is 43.8 Å². The minimum absolute atomic E-state index is 0.0394. The van der Waals surface area contributed by atoms with Gasteiger partial charge in [0.1, 0.15) is 4.21 Å². The van der Waals surface area contributed by atoms with E-state index in [0.29, 0.717) is 17.3 Å². The molecule has 3 rings (SSSR count). The van der Waals surface area contributed by atoms with Gasteiger partial charge in [-0.15, -0.1) is 11.3 Å². The van der Waals surface area contributed by atoms with E-state index in [9.17, 15) is 13.2 Å². The van der Waals surface area contributed by atoms with Crippen molar-refractivity contribution in [2.45, 2.75) is 61.2 Å². The molecule has 0 atom stereocenters. The first-order valence-electron chi connectivity index (χ1n) is 8.59. The van der Waals surface area contributed by atoms with Gasteiger partial charge in [-0.2, -0.15) is 4.31 Å². The van der Waals surface area contributed by atoms with Gasteiger partial charge in [-0.05, 0) is 50.7 Å². The predicted octanol–water partition coefficient (Wildman–Crippen LogP) is 1.46. The quantitative estimate of drug-likeness (QED) is 0.820. The zero-order valence-corrected chi connectivity index (χ0v) is 15.4. The van der Waals surface area contributed by atoms with Crippen LogP contribution in [0.1, 0.15) is 43.4 Å². The van der Waals surface area contributed by atoms with Crippen molar-refractivity contribution in [1.82, 2.24) is 9.62 Å². The van der Waals surface area contributed by atoms with E-state index < -0.39 is 10.0 Å². The molecule has 0 bridgehead atoms. The lowest BCUT2D eigenvalue weighted by Crippen LogP contribution is -2.40. The van der Waals surface area contributed by atoms with E-state index in [1.807, 2.05) is 0 Å². The molecular weight excluding hydrogens is 346 g/mol. The average Bonchev–Trinajstić information content (AvgIpc) is 3.21. The molecule has 0 spiro atoms. The van der Waals surface area contributed by atoms with E-state index in [1.165, 1.54) is 15.6 Å². The molecule has 2 aliphatic rings. The first-order valence-corrected chi connectivity index (χ1v) is 10.8. The second-order valence-corrected chi connectivity index (χ2v) is 10.0. The number of carbonyl (C=O) groups is 1. The molecule has 1 aliphatic heterocycles. The van der Waals surface area contributed by atoms with E-state index in [-0.39, 0.29) is 24.4 Å². The van der Waals surface area contributed by atoms with Crippen molar-refractivity contribution in [3.63, 3.8) is 0 Å². The summed E-state index contributed by atoms with van der Waals surface area (Å²) in [5.74, 6) is -0.0394. The smallest absolute Gasteiger partial charge is 0.252 e. The molecule has 8 heteroatoms. The second-order valence-electron chi connectivity index (χ2n) is 6.69. The number of rotatable bonds is 5. The second kappa shape index (κ2) is 7.51. The molecule has 3 N–H and O–H groups in total. The number of hydrogen-bond acceptors (Lipinski definition) is 5. The monoisotopic (exact) mass is 371 g/mol. The molecule has 0 aromatic carbocycles. The topological polar surface area (TPSA) is 92.5 Å². The van der Waals surface area contributed by atoms with Crippen molar-refractivity contribution < 1.29 is 13.2 Å². The third-order valence-electron chi connectivity index (χ3n) is 4.77. The molecule has 1 saturated carbocycles. The summed E-state index contributed by atoms with van der Waals surface area (Å²) in [4.78, 5) is 13.0. The number of nitrogens with two attached hydrogens (primary N) is 1. The summed E-state index contributed by atoms with van der Waals surface area (Å²) in [5.41, 5.74) is 5.87. The normalized spacial score (nSPS) is 25.7. The van der Waals surface area contributed by atoms with Crippen LogP contribution in [0.15, 0.2) is 16.3 Å². The molecule has 1 aromatic rings. The third-order valence-corrected chi connectivity index (χ3v) is 8.22. The fourth-order valence-corrected chi connectivity index (χ4v) is 6.37. The summed E-state index contributed by atoms with van der Waals surface area (Å²) < 4.78 is 26.9. The van der Waals surface area contributed by atoms with Crippen LogP contribution in [0.5, 0.6) is 0 Å². The Bertz CT molecular complexity index is 672. The van der Waals surface area contributed by atoms with Crippen LogP contribution in [0, 0.1) is 0 Å². The maximum absolute atomic E-state index is 12.5. The Morgan fingerprint density at radius 1 is 1.21 bits per heavy atom. The van der Waals surface area contributed by atoms with Crippen LogP contribution < -0.4 is 11.1 Å². The van der Waals surface area contributed by atoms with E-state index >= 15 is 0 Å². The zero-order chi connectivity index (χ0) is 17.2. The van der Waals surface area contributed by atoms with Gasteiger partial charge in [0.05, 0.1) is 6.42 Å². The van der Waals surface area contributed by atoms with Crippen LogP contribution >= 0.6 is 11.3 Å². The maximum atomic E-state index is 12.5. The van der Waals surface area contributed by atoms with Gasteiger partial charge in [-0.25, -0.2) is 8.42 Å². The molecule has 1 aromatic heterocycles. The zero-order valence-electron chi connectivity index (χ0n) is 13.7. The molecule has 2 fully saturated rings. The highest BCUT2D eigenvalue weighted by atomic mass is 32.2. The van der Waals surface area contributed by atoms with Crippen LogP contribution in [0.2, 0.25) is 0 Å². The number of hydrogen-bond donors (Lipinski definition) is 2. The molecular formula is C16H25N3O3S2. The van der Waals surface area contributed by atoms with Crippen LogP contribution in [-0.2, 0) is 21.2 Å². The number of nitrogens with zero attached hydrogens (tertiary/aromatic N) is 1. The average molecular weight is 372 g/mol. The summed E-state index contributed by atoms with van der Waals surface area (Å²) in [6.07, 6.45) is 5.82. The highest BCUT2D eigenvalue weighted by Gasteiger charge is 2.28. The highest BCUT2D eigenvalue weighted by Crippen LogP contribution is 2.27. The fourth-order valence-electron chi connectivity index (χ4n) is 3.35. The van der Waals surface area contributed by atoms with Gasteiger partial charge in [0.25, 0.3) is 10.0 Å². The lowest BCUT2D eigenvalue weighted by Gasteiger charge is -2.26. The summed E-state index contributed by atoms with van der Waals surface area (Å²) >= 11 is 1.21. The Labute approximate surface area is 147 Å². The van der Waals surface area contributed by atoms with Gasteiger partial charge in [-0.3, -0.25) is 4.79 Å². The van der Waals surface area contributed by atoms with Gasteiger partial charge in [0, 0.05) is 30.1 Å². The lowest BCUT2D eigenvalue weighted by atomic mass is 9.92. The Balaban J connectivity index is 1.56. The number of nitrogens with one attached hydrogen (secondary N) is 1. The van der Waals surface area contributed by atoms with Crippen LogP contribution in [0.4, 0.5) is 0 Å². The van der Waals surface area contributed by atoms with Crippen molar-refractivity contribution >= 4 is 27.3 Å². The largest absolute Gasteiger partial charge is 0.353 e. The Morgan fingerprint density at radius 2 is 1.88 bits per heavy atom. The van der Waals surface area contributed by atoms with Gasteiger partial charge >= 0.3 is 0 Å². The number of sulfonamides is 1. The predicted molar refractivity (Wildman–Crippen MR) is 94.4 cm³/mol. The molecule has 1 saturated heterocycles. The Hall–Kier alpha value is -0.960. The van der Waals surface area contributed by atoms with Crippen molar-refractivity contribution in [1.29, 1.82) is 0 Å². The third kappa shape index (κ3) is 4.17. The van der Waals surface area contributed by atoms with Crippen molar-refractivity contribution in [2.75, 3.05) is 13.1 Å². The van der Waals surface area contributed by atoms with E-state index in [4.69, 9.17) is 5.73 Å². The lowest BCUT2D eigenvalue weighted by molar-refractivity contribution is -0.121. The van der Waals surface area contributed by atoms with Crippen LogP contribution in [0.25, 0.3) is 0 Å². The summed E-state index contributed by atoms with van der Waals surface area (Å²) in [6.45, 7) is 1.19. The highest BCUT2D eigenvalue weighted by molar-refractivity contribution is 7.91. The molecule has 1 aliphatic carbocycles. The Morgan fingerprint density at radius 3 is 2.54 bits per heavy atom. The van der Waals surface area contributed by atoms with Gasteiger partial charge in [-0.1, -0.05) is 0 Å². The molecule has 0 radical (unpaired) electrons. The van der Waals surface area contributed by atoms with Gasteiger partial charge in [0.15, 0.2) is 0 Å². The minimum atomic E-state index is -3.38.